The van der Waals surface area contributed by atoms with E-state index >= 15 is 0 Å². The summed E-state index contributed by atoms with van der Waals surface area (Å²) >= 11 is 7.18. The third-order valence-corrected chi connectivity index (χ3v) is 21.1. The molecule has 6 amide bonds. The van der Waals surface area contributed by atoms with Gasteiger partial charge in [0.2, 0.25) is 11.8 Å². The minimum Gasteiger partial charge on any atom is -0.481 e. The molecule has 10 bridgehead atoms. The first-order chi connectivity index (χ1) is 43.7. The SMILES string of the molecule is CNC(=O)C[C@@H]1NC(=O)c2csc(n2)-c2ccc(-c3nc(NC(=O)N4C[C@H](CCC(=O)O)C[C@H](CCC(=O)O)C4)cs3)nc2-c2csc(n2)-c2csc(n2)[C@H]([C@@H](O)c2ccccc2)NC(=O)CNC(=O)c2nc(sc2COC)[C@H](C(C)C)CC(=O)c2nc1sc2C. The van der Waals surface area contributed by atoms with E-state index in [9.17, 15) is 53.7 Å². The quantitative estimate of drug-likeness (QED) is 0.0473. The lowest BCUT2D eigenvalue weighted by molar-refractivity contribution is -0.138. The summed E-state index contributed by atoms with van der Waals surface area (Å²) in [5, 5.41) is 53.8. The maximum Gasteiger partial charge on any atom is 0.323 e. The number of amides is 6. The molecule has 2 aliphatic heterocycles. The predicted molar refractivity (Wildman–Crippen MR) is 344 cm³/mol. The number of piperidine rings is 1. The van der Waals surface area contributed by atoms with E-state index in [4.69, 9.17) is 39.6 Å². The number of ether oxygens (including phenoxy) is 1. The van der Waals surface area contributed by atoms with E-state index in [0.717, 1.165) is 11.3 Å². The number of aliphatic hydroxyl groups is 1. The van der Waals surface area contributed by atoms with Crippen molar-refractivity contribution in [2.45, 2.75) is 96.4 Å². The van der Waals surface area contributed by atoms with Crippen molar-refractivity contribution in [1.29, 1.82) is 0 Å². The van der Waals surface area contributed by atoms with Gasteiger partial charge in [0.05, 0.1) is 41.2 Å². The van der Waals surface area contributed by atoms with Crippen LogP contribution >= 0.6 is 68.0 Å². The fraction of sp³-hybridized carbons (Fsp3) is 0.383. The third kappa shape index (κ3) is 15.9. The number of aliphatic hydroxyl groups excluding tert-OH is 1. The summed E-state index contributed by atoms with van der Waals surface area (Å²) in [6.07, 6.45) is -0.463. The highest BCUT2D eigenvalue weighted by Crippen LogP contribution is 2.41. The fourth-order valence-electron chi connectivity index (χ4n) is 10.6. The van der Waals surface area contributed by atoms with E-state index in [1.165, 1.54) is 70.8 Å². The van der Waals surface area contributed by atoms with Gasteiger partial charge in [0.1, 0.15) is 77.2 Å². The zero-order valence-electron chi connectivity index (χ0n) is 49.7. The van der Waals surface area contributed by atoms with Crippen molar-refractivity contribution in [1.82, 2.24) is 61.1 Å². The van der Waals surface area contributed by atoms with Crippen LogP contribution < -0.4 is 26.6 Å². The van der Waals surface area contributed by atoms with E-state index in [1.807, 2.05) is 13.8 Å². The molecule has 476 valence electrons. The number of pyridine rings is 1. The average molecular weight is 1350 g/mol. The number of carbonyl (C=O) groups is 8. The Bertz CT molecular complexity index is 3980. The molecule has 10 rings (SSSR count). The molecule has 0 saturated carbocycles. The number of benzene rings is 1. The summed E-state index contributed by atoms with van der Waals surface area (Å²) in [5.74, 6) is -5.27. The second-order valence-electron chi connectivity index (χ2n) is 22.1. The van der Waals surface area contributed by atoms with Crippen molar-refractivity contribution >= 4 is 121 Å². The lowest BCUT2D eigenvalue weighted by Gasteiger charge is -2.37. The molecule has 25 nitrogen and oxygen atoms in total. The van der Waals surface area contributed by atoms with Crippen molar-refractivity contribution < 1.29 is 58.4 Å². The van der Waals surface area contributed by atoms with Crippen LogP contribution in [0.1, 0.15) is 145 Å². The number of hydrogen-bond acceptors (Lipinski definition) is 23. The van der Waals surface area contributed by atoms with Gasteiger partial charge in [0, 0.05) is 84.4 Å². The van der Waals surface area contributed by atoms with Crippen molar-refractivity contribution in [3.05, 3.63) is 111 Å². The van der Waals surface area contributed by atoms with Crippen LogP contribution in [0.2, 0.25) is 0 Å². The molecule has 9 heterocycles. The van der Waals surface area contributed by atoms with Crippen molar-refractivity contribution in [3.63, 3.8) is 0 Å². The number of urea groups is 1. The number of carboxylic acids is 2. The highest BCUT2D eigenvalue weighted by atomic mass is 32.1. The number of Topliss-reactive ketones (excluding diaryl/α,β-unsaturated/α-hetero) is 1. The van der Waals surface area contributed by atoms with E-state index in [0.29, 0.717) is 93.0 Å². The van der Waals surface area contributed by atoms with Crippen LogP contribution in [0.3, 0.4) is 0 Å². The Labute approximate surface area is 545 Å². The molecule has 91 heavy (non-hydrogen) atoms. The Morgan fingerprint density at radius 3 is 2.09 bits per heavy atom. The van der Waals surface area contributed by atoms with E-state index in [2.05, 4.69) is 26.6 Å². The highest BCUT2D eigenvalue weighted by molar-refractivity contribution is 7.15. The van der Waals surface area contributed by atoms with Crippen molar-refractivity contribution in [2.75, 3.05) is 39.1 Å². The summed E-state index contributed by atoms with van der Waals surface area (Å²) in [4.78, 5) is 143. The van der Waals surface area contributed by atoms with Crippen LogP contribution in [0.25, 0.3) is 43.4 Å². The Balaban J connectivity index is 1.01. The molecular formula is C60H63N13O12S6. The van der Waals surface area contributed by atoms with Crippen LogP contribution in [0.5, 0.6) is 0 Å². The number of rotatable bonds is 15. The lowest BCUT2D eigenvalue weighted by atomic mass is 9.84. The minimum atomic E-state index is -1.29. The number of thiazole rings is 6. The van der Waals surface area contributed by atoms with Gasteiger partial charge in [-0.2, -0.15) is 0 Å². The summed E-state index contributed by atoms with van der Waals surface area (Å²) in [6, 6.07) is 9.67. The standard InChI is InChI=1S/C60H63N13O12S6/c1-28(2)34-18-40(74)47-29(3)90-58(71-47)36(19-43(75)61-4)64-52(82)38-25-86-54(66-38)33-13-14-35(56-68-42(27-89-56)69-60(84)73-21-30(11-15-45(77)78)17-31(22-73)12-16-46(79)80)63-48(33)37-24-87-57(65-37)39-26-88-59(67-39)50(51(81)32-9-7-6-8-10-32)70-44(76)20-62-53(83)49-41(23-85-5)91-55(34)72-49/h6-10,13-14,24-28,30-31,34,36,50-51,81H,11-12,15-23H2,1-5H3,(H,61,75)(H,62,83)(H,64,82)(H,69,84)(H,70,76)(H,77,78)(H,79,80)/t30-,31+,34-,36-,50-,51-/m0/s1. The highest BCUT2D eigenvalue weighted by Gasteiger charge is 2.35. The smallest absolute Gasteiger partial charge is 0.323 e. The number of methoxy groups -OCH3 is 1. The normalized spacial score (nSPS) is 18.6. The second-order valence-corrected chi connectivity index (χ2v) is 27.9. The van der Waals surface area contributed by atoms with Crippen LogP contribution in [-0.4, -0.2) is 136 Å². The lowest BCUT2D eigenvalue weighted by Crippen LogP contribution is -2.46. The number of fused-ring (bicyclic) bond motifs is 14. The molecule has 0 unspecified atom stereocenters. The molecule has 8 N–H and O–H groups in total. The molecule has 8 aromatic rings. The number of anilines is 1. The summed E-state index contributed by atoms with van der Waals surface area (Å²) < 4.78 is 5.47. The topological polar surface area (TPSA) is 360 Å². The largest absolute Gasteiger partial charge is 0.481 e. The van der Waals surface area contributed by atoms with Crippen LogP contribution in [0.15, 0.2) is 64.0 Å². The average Bonchev–Trinajstić information content (AvgIpc) is 2.23. The molecular weight excluding hydrogens is 1290 g/mol. The molecule has 31 heteroatoms. The molecule has 1 aromatic carbocycles. The minimum absolute atomic E-state index is 0.0123. The number of carbonyl (C=O) groups excluding carboxylic acids is 6. The maximum atomic E-state index is 14.4. The Hall–Kier alpha value is -8.17. The van der Waals surface area contributed by atoms with Gasteiger partial charge in [-0.3, -0.25) is 38.9 Å². The van der Waals surface area contributed by atoms with E-state index in [1.54, 1.807) is 75.8 Å². The van der Waals surface area contributed by atoms with Crippen molar-refractivity contribution in [2.24, 2.45) is 17.8 Å². The zero-order chi connectivity index (χ0) is 64.6. The van der Waals surface area contributed by atoms with Gasteiger partial charge in [0.25, 0.3) is 11.8 Å². The second kappa shape index (κ2) is 29.4. The van der Waals surface area contributed by atoms with Gasteiger partial charge < -0.3 is 46.2 Å². The molecule has 0 spiro atoms. The van der Waals surface area contributed by atoms with Gasteiger partial charge in [0.15, 0.2) is 5.78 Å². The van der Waals surface area contributed by atoms with Gasteiger partial charge in [-0.05, 0) is 61.6 Å². The molecule has 6 atom stereocenters. The Kier molecular flexibility index (Phi) is 21.3. The summed E-state index contributed by atoms with van der Waals surface area (Å²) in [7, 11) is 2.95. The first kappa shape index (κ1) is 65.8. The first-order valence-electron chi connectivity index (χ1n) is 28.9. The van der Waals surface area contributed by atoms with E-state index < -0.39 is 72.2 Å². The van der Waals surface area contributed by atoms with Gasteiger partial charge in [-0.15, -0.1) is 68.0 Å². The Morgan fingerprint density at radius 2 is 1.38 bits per heavy atom. The molecule has 7 aromatic heterocycles. The number of ketones is 1. The van der Waals surface area contributed by atoms with Crippen LogP contribution in [0.4, 0.5) is 10.6 Å². The summed E-state index contributed by atoms with van der Waals surface area (Å²) in [5.41, 5.74) is 2.66. The number of carboxylic acid groups (broad SMARTS) is 2. The van der Waals surface area contributed by atoms with Crippen molar-refractivity contribution in [3.8, 4) is 43.4 Å². The molecule has 0 radical (unpaired) electrons. The number of likely N-dealkylation sites (tertiary alicyclic amines) is 1. The number of aromatic nitrogens is 7. The predicted octanol–water partition coefficient (Wildman–Crippen LogP) is 9.40. The number of nitrogens with zero attached hydrogens (tertiary/aromatic N) is 8. The third-order valence-electron chi connectivity index (χ3n) is 15.3. The fourth-order valence-corrected chi connectivity index (χ4v) is 16.2. The number of nitrogens with one attached hydrogen (secondary N) is 5. The number of hydrogen-bond donors (Lipinski definition) is 8. The van der Waals surface area contributed by atoms with Gasteiger partial charge >= 0.3 is 18.0 Å². The first-order valence-corrected chi connectivity index (χ1v) is 34.0. The van der Waals surface area contributed by atoms with Gasteiger partial charge in [-0.25, -0.2) is 39.7 Å². The Morgan fingerprint density at radius 1 is 0.714 bits per heavy atom. The number of aliphatic carboxylic acids is 2. The monoisotopic (exact) mass is 1350 g/mol. The van der Waals surface area contributed by atoms with E-state index in [-0.39, 0.29) is 91.8 Å². The molecule has 1 fully saturated rings. The molecule has 0 aliphatic carbocycles. The number of aryl methyl sites for hydroxylation is 1. The molecule has 2 aliphatic rings. The van der Waals surface area contributed by atoms with Gasteiger partial charge in [-0.1, -0.05) is 44.2 Å². The maximum absolute atomic E-state index is 14.4. The zero-order valence-corrected chi connectivity index (χ0v) is 54.6. The molecule has 1 saturated heterocycles. The summed E-state index contributed by atoms with van der Waals surface area (Å²) in [6.45, 7) is 5.68. The van der Waals surface area contributed by atoms with Crippen LogP contribution in [0, 0.1) is 24.7 Å². The van der Waals surface area contributed by atoms with Crippen LogP contribution in [-0.2, 0) is 30.5 Å².